The van der Waals surface area contributed by atoms with Crippen LogP contribution in [0.5, 0.6) is 0 Å². The first-order chi connectivity index (χ1) is 9.48. The average molecular weight is 296 g/mol. The fraction of sp³-hybridized carbons (Fsp3) is 1.00. The van der Waals surface area contributed by atoms with E-state index in [0.29, 0.717) is 6.42 Å². The molecule has 122 valence electrons. The first-order valence-electron chi connectivity index (χ1n) is 8.23. The molecule has 0 bridgehead atoms. The number of alkyl halides is 3. The normalized spacial score (nSPS) is 13.7. The molecule has 0 amide bonds. The molecule has 0 spiro atoms. The van der Waals surface area contributed by atoms with Crippen molar-refractivity contribution < 1.29 is 18.3 Å². The van der Waals surface area contributed by atoms with Gasteiger partial charge < -0.3 is 5.11 Å². The molecule has 0 aliphatic carbocycles. The van der Waals surface area contributed by atoms with Gasteiger partial charge in [-0.2, -0.15) is 13.2 Å². The monoisotopic (exact) mass is 296 g/mol. The Morgan fingerprint density at radius 3 is 1.40 bits per heavy atom. The lowest BCUT2D eigenvalue weighted by molar-refractivity contribution is -0.205. The summed E-state index contributed by atoms with van der Waals surface area (Å²) >= 11 is 0. The molecule has 20 heavy (non-hydrogen) atoms. The van der Waals surface area contributed by atoms with Crippen molar-refractivity contribution in [3.63, 3.8) is 0 Å². The van der Waals surface area contributed by atoms with Crippen LogP contribution in [0.3, 0.4) is 0 Å². The summed E-state index contributed by atoms with van der Waals surface area (Å²) in [4.78, 5) is 0. The van der Waals surface area contributed by atoms with E-state index < -0.39 is 12.3 Å². The molecule has 1 atom stereocenters. The van der Waals surface area contributed by atoms with Crippen LogP contribution in [0.1, 0.15) is 90.4 Å². The minimum Gasteiger partial charge on any atom is -0.384 e. The molecular weight excluding hydrogens is 265 g/mol. The Morgan fingerprint density at radius 2 is 1.05 bits per heavy atom. The third-order valence-corrected chi connectivity index (χ3v) is 3.71. The van der Waals surface area contributed by atoms with E-state index >= 15 is 0 Å². The average Bonchev–Trinajstić information content (AvgIpc) is 2.38. The Hall–Kier alpha value is -0.250. The molecule has 0 radical (unpaired) electrons. The van der Waals surface area contributed by atoms with Crippen LogP contribution in [0.2, 0.25) is 0 Å². The zero-order chi connectivity index (χ0) is 15.3. The quantitative estimate of drug-likeness (QED) is 0.413. The second-order valence-electron chi connectivity index (χ2n) is 5.74. The lowest BCUT2D eigenvalue weighted by atomic mass is 10.0. The Morgan fingerprint density at radius 1 is 0.700 bits per heavy atom. The van der Waals surface area contributed by atoms with Crippen LogP contribution in [-0.4, -0.2) is 17.4 Å². The minimum atomic E-state index is -4.45. The van der Waals surface area contributed by atoms with Gasteiger partial charge in [-0.05, 0) is 6.42 Å². The summed E-state index contributed by atoms with van der Waals surface area (Å²) in [6.07, 6.45) is 6.97. The number of halogens is 3. The number of aliphatic hydroxyl groups excluding tert-OH is 1. The van der Waals surface area contributed by atoms with Gasteiger partial charge in [-0.15, -0.1) is 0 Å². The van der Waals surface area contributed by atoms with Gasteiger partial charge in [-0.25, -0.2) is 0 Å². The van der Waals surface area contributed by atoms with Crippen LogP contribution in [-0.2, 0) is 0 Å². The summed E-state index contributed by atoms with van der Waals surface area (Å²) in [5.74, 6) is 0. The van der Waals surface area contributed by atoms with Crippen molar-refractivity contribution in [2.75, 3.05) is 0 Å². The molecule has 0 saturated heterocycles. The number of unbranched alkanes of at least 4 members (excludes halogenated alkanes) is 11. The summed E-state index contributed by atoms with van der Waals surface area (Å²) in [6, 6.07) is 0. The van der Waals surface area contributed by atoms with Crippen LogP contribution in [0.15, 0.2) is 0 Å². The second kappa shape index (κ2) is 12.5. The lowest BCUT2D eigenvalue weighted by Gasteiger charge is -2.13. The van der Waals surface area contributed by atoms with Crippen LogP contribution in [0.25, 0.3) is 0 Å². The van der Waals surface area contributed by atoms with Crippen LogP contribution < -0.4 is 0 Å². The van der Waals surface area contributed by atoms with Gasteiger partial charge in [0.2, 0.25) is 0 Å². The van der Waals surface area contributed by atoms with Gasteiger partial charge in [0.05, 0.1) is 0 Å². The molecule has 0 fully saturated rings. The maximum Gasteiger partial charge on any atom is 0.414 e. The summed E-state index contributed by atoms with van der Waals surface area (Å²) in [5.41, 5.74) is 0. The van der Waals surface area contributed by atoms with E-state index in [2.05, 4.69) is 6.92 Å². The maximum atomic E-state index is 12.0. The molecule has 1 N–H and O–H groups in total. The molecule has 1 unspecified atom stereocenters. The molecule has 0 aromatic heterocycles. The van der Waals surface area contributed by atoms with E-state index in [9.17, 15) is 13.2 Å². The molecule has 0 aromatic rings. The molecule has 0 heterocycles. The molecule has 0 aromatic carbocycles. The number of hydrogen-bond acceptors (Lipinski definition) is 1. The van der Waals surface area contributed by atoms with E-state index in [-0.39, 0.29) is 6.42 Å². The van der Waals surface area contributed by atoms with Gasteiger partial charge in [-0.1, -0.05) is 84.0 Å². The second-order valence-corrected chi connectivity index (χ2v) is 5.74. The van der Waals surface area contributed by atoms with Crippen LogP contribution >= 0.6 is 0 Å². The van der Waals surface area contributed by atoms with Gasteiger partial charge in [0.15, 0.2) is 0 Å². The van der Waals surface area contributed by atoms with Gasteiger partial charge in [0, 0.05) is 0 Å². The third-order valence-electron chi connectivity index (χ3n) is 3.71. The maximum absolute atomic E-state index is 12.0. The fourth-order valence-corrected chi connectivity index (χ4v) is 2.34. The van der Waals surface area contributed by atoms with E-state index in [0.717, 1.165) is 19.3 Å². The predicted molar refractivity (Wildman–Crippen MR) is 77.8 cm³/mol. The van der Waals surface area contributed by atoms with E-state index in [1.54, 1.807) is 0 Å². The summed E-state index contributed by atoms with van der Waals surface area (Å²) < 4.78 is 36.1. The Kier molecular flexibility index (Phi) is 12.3. The van der Waals surface area contributed by atoms with Crippen molar-refractivity contribution >= 4 is 0 Å². The highest BCUT2D eigenvalue weighted by molar-refractivity contribution is 4.64. The van der Waals surface area contributed by atoms with Crippen molar-refractivity contribution in [2.24, 2.45) is 0 Å². The smallest absolute Gasteiger partial charge is 0.384 e. The zero-order valence-electron chi connectivity index (χ0n) is 12.9. The molecule has 0 aliphatic rings. The Labute approximate surface area is 122 Å². The number of hydrogen-bond donors (Lipinski definition) is 1. The lowest BCUT2D eigenvalue weighted by Crippen LogP contribution is -2.28. The van der Waals surface area contributed by atoms with Gasteiger partial charge in [0.25, 0.3) is 0 Å². The largest absolute Gasteiger partial charge is 0.414 e. The summed E-state index contributed by atoms with van der Waals surface area (Å²) in [7, 11) is 0. The minimum absolute atomic E-state index is 0.152. The highest BCUT2D eigenvalue weighted by atomic mass is 19.4. The van der Waals surface area contributed by atoms with E-state index in [1.807, 2.05) is 0 Å². The zero-order valence-corrected chi connectivity index (χ0v) is 12.9. The Bertz CT molecular complexity index is 204. The van der Waals surface area contributed by atoms with Crippen LogP contribution in [0.4, 0.5) is 13.2 Å². The SMILES string of the molecule is CCCCCCCCCCCCCCC(O)C(F)(F)F. The Balaban J connectivity index is 3.14. The van der Waals surface area contributed by atoms with Gasteiger partial charge >= 0.3 is 6.18 Å². The van der Waals surface area contributed by atoms with E-state index in [1.165, 1.54) is 51.4 Å². The number of rotatable bonds is 13. The highest BCUT2D eigenvalue weighted by Gasteiger charge is 2.37. The van der Waals surface area contributed by atoms with Crippen molar-refractivity contribution in [3.05, 3.63) is 0 Å². The third kappa shape index (κ3) is 12.8. The van der Waals surface area contributed by atoms with Crippen molar-refractivity contribution in [3.8, 4) is 0 Å². The van der Waals surface area contributed by atoms with Crippen molar-refractivity contribution in [1.29, 1.82) is 0 Å². The molecule has 0 rings (SSSR count). The van der Waals surface area contributed by atoms with Crippen molar-refractivity contribution in [1.82, 2.24) is 0 Å². The first kappa shape index (κ1) is 19.8. The highest BCUT2D eigenvalue weighted by Crippen LogP contribution is 2.24. The van der Waals surface area contributed by atoms with Gasteiger partial charge in [-0.3, -0.25) is 0 Å². The summed E-state index contributed by atoms with van der Waals surface area (Å²) in [5, 5.41) is 8.82. The predicted octanol–water partition coefficient (Wildman–Crippen LogP) is 6.00. The van der Waals surface area contributed by atoms with Crippen molar-refractivity contribution in [2.45, 2.75) is 103 Å². The summed E-state index contributed by atoms with van der Waals surface area (Å²) in [6.45, 7) is 2.22. The molecule has 1 nitrogen and oxygen atoms in total. The topological polar surface area (TPSA) is 20.2 Å². The molecule has 4 heteroatoms. The number of aliphatic hydroxyl groups is 1. The standard InChI is InChI=1S/C16H31F3O/c1-2-3-4-5-6-7-8-9-10-11-12-13-14-15(20)16(17,18)19/h15,20H,2-14H2,1H3. The van der Waals surface area contributed by atoms with Crippen LogP contribution in [0, 0.1) is 0 Å². The first-order valence-corrected chi connectivity index (χ1v) is 8.23. The molecule has 0 saturated carbocycles. The fourth-order valence-electron chi connectivity index (χ4n) is 2.34. The molecular formula is C16H31F3O. The molecule has 0 aliphatic heterocycles. The van der Waals surface area contributed by atoms with Gasteiger partial charge in [0.1, 0.15) is 6.10 Å². The van der Waals surface area contributed by atoms with E-state index in [4.69, 9.17) is 5.11 Å².